The van der Waals surface area contributed by atoms with Crippen molar-refractivity contribution in [3.8, 4) is 0 Å². The van der Waals surface area contributed by atoms with E-state index in [4.69, 9.17) is 10.7 Å². The Morgan fingerprint density at radius 2 is 2.00 bits per heavy atom. The van der Waals surface area contributed by atoms with Gasteiger partial charge in [-0.1, -0.05) is 43.3 Å². The van der Waals surface area contributed by atoms with Crippen LogP contribution in [-0.2, 0) is 4.84 Å². The Hall–Kier alpha value is -1.12. The van der Waals surface area contributed by atoms with Gasteiger partial charge in [0, 0.05) is 5.92 Å². The third-order valence-electron chi connectivity index (χ3n) is 2.12. The zero-order valence-electron chi connectivity index (χ0n) is 7.81. The van der Waals surface area contributed by atoms with Gasteiger partial charge in [-0.3, -0.25) is 4.84 Å². The van der Waals surface area contributed by atoms with Crippen LogP contribution in [-0.4, -0.2) is 0 Å². The summed E-state index contributed by atoms with van der Waals surface area (Å²) in [5.41, 5.74) is 1.08. The molecule has 2 atom stereocenters. The lowest BCUT2D eigenvalue weighted by molar-refractivity contribution is 0.0282. The van der Waals surface area contributed by atoms with Crippen molar-refractivity contribution in [2.24, 2.45) is 11.8 Å². The molecule has 70 valence electrons. The van der Waals surface area contributed by atoms with Gasteiger partial charge in [0.1, 0.15) is 6.10 Å². The molecule has 0 saturated carbocycles. The molecule has 0 saturated heterocycles. The first kappa shape index (κ1) is 9.96. The number of nitrogens with two attached hydrogens (primary N) is 1. The molecule has 2 nitrogen and oxygen atoms in total. The van der Waals surface area contributed by atoms with Crippen molar-refractivity contribution in [3.05, 3.63) is 48.6 Å². The van der Waals surface area contributed by atoms with Crippen molar-refractivity contribution < 1.29 is 4.84 Å². The number of hydrogen-bond acceptors (Lipinski definition) is 2. The molecule has 0 aliphatic heterocycles. The first-order chi connectivity index (χ1) is 6.29. The predicted molar refractivity (Wildman–Crippen MR) is 53.8 cm³/mol. The van der Waals surface area contributed by atoms with E-state index in [0.29, 0.717) is 0 Å². The van der Waals surface area contributed by atoms with Crippen molar-refractivity contribution in [2.75, 3.05) is 0 Å². The van der Waals surface area contributed by atoms with Crippen LogP contribution in [0, 0.1) is 5.92 Å². The highest BCUT2D eigenvalue weighted by atomic mass is 16.6. The van der Waals surface area contributed by atoms with E-state index in [0.717, 1.165) is 5.56 Å². The van der Waals surface area contributed by atoms with Gasteiger partial charge in [-0.05, 0) is 5.56 Å². The van der Waals surface area contributed by atoms with Gasteiger partial charge < -0.3 is 0 Å². The topological polar surface area (TPSA) is 35.2 Å². The van der Waals surface area contributed by atoms with E-state index in [2.05, 4.69) is 6.58 Å². The average Bonchev–Trinajstić information content (AvgIpc) is 2.20. The van der Waals surface area contributed by atoms with Crippen molar-refractivity contribution in [3.63, 3.8) is 0 Å². The summed E-state index contributed by atoms with van der Waals surface area (Å²) in [6.45, 7) is 5.74. The van der Waals surface area contributed by atoms with Gasteiger partial charge in [0.25, 0.3) is 0 Å². The third-order valence-corrected chi connectivity index (χ3v) is 2.12. The van der Waals surface area contributed by atoms with Crippen molar-refractivity contribution in [1.82, 2.24) is 0 Å². The quantitative estimate of drug-likeness (QED) is 0.566. The molecule has 0 radical (unpaired) electrons. The van der Waals surface area contributed by atoms with Gasteiger partial charge in [0.05, 0.1) is 0 Å². The lowest BCUT2D eigenvalue weighted by Crippen LogP contribution is -2.15. The molecular weight excluding hydrogens is 162 g/mol. The zero-order chi connectivity index (χ0) is 9.68. The van der Waals surface area contributed by atoms with Crippen LogP contribution in [0.5, 0.6) is 0 Å². The Balaban J connectivity index is 2.84. The normalized spacial score (nSPS) is 14.9. The van der Waals surface area contributed by atoms with Crippen LogP contribution in [0.4, 0.5) is 0 Å². The number of hydrogen-bond donors (Lipinski definition) is 1. The maximum absolute atomic E-state index is 5.23. The standard InChI is InChI=1S/C11H15NO/c1-3-9(2)11(13-12)10-7-5-4-6-8-10/h3-9,11H,1,12H2,2H3/t9?,11-/m0/s1. The zero-order valence-corrected chi connectivity index (χ0v) is 7.81. The Bertz CT molecular complexity index is 258. The fraction of sp³-hybridized carbons (Fsp3) is 0.273. The van der Waals surface area contributed by atoms with Crippen LogP contribution in [0.3, 0.4) is 0 Å². The minimum atomic E-state index is -0.0984. The summed E-state index contributed by atoms with van der Waals surface area (Å²) < 4.78 is 0. The molecule has 0 spiro atoms. The lowest BCUT2D eigenvalue weighted by atomic mass is 9.98. The van der Waals surface area contributed by atoms with Crippen LogP contribution in [0.15, 0.2) is 43.0 Å². The maximum atomic E-state index is 5.23. The Morgan fingerprint density at radius 1 is 1.38 bits per heavy atom. The third kappa shape index (κ3) is 2.41. The molecule has 2 heteroatoms. The largest absolute Gasteiger partial charge is 0.296 e. The first-order valence-corrected chi connectivity index (χ1v) is 4.32. The van der Waals surface area contributed by atoms with Gasteiger partial charge >= 0.3 is 0 Å². The Labute approximate surface area is 79.0 Å². The lowest BCUT2D eigenvalue weighted by Gasteiger charge is -2.18. The van der Waals surface area contributed by atoms with Gasteiger partial charge in [-0.15, -0.1) is 6.58 Å². The van der Waals surface area contributed by atoms with Crippen molar-refractivity contribution in [2.45, 2.75) is 13.0 Å². The second kappa shape index (κ2) is 4.80. The monoisotopic (exact) mass is 177 g/mol. The number of benzene rings is 1. The van der Waals surface area contributed by atoms with E-state index in [1.807, 2.05) is 43.3 Å². The predicted octanol–water partition coefficient (Wildman–Crippen LogP) is 2.44. The fourth-order valence-corrected chi connectivity index (χ4v) is 1.27. The molecule has 1 rings (SSSR count). The highest BCUT2D eigenvalue weighted by Crippen LogP contribution is 2.24. The molecule has 1 aromatic rings. The van der Waals surface area contributed by atoms with Crippen LogP contribution < -0.4 is 5.90 Å². The molecular formula is C11H15NO. The van der Waals surface area contributed by atoms with E-state index in [-0.39, 0.29) is 12.0 Å². The second-order valence-electron chi connectivity index (χ2n) is 3.06. The Kier molecular flexibility index (Phi) is 3.68. The average molecular weight is 177 g/mol. The first-order valence-electron chi connectivity index (χ1n) is 4.32. The molecule has 0 aliphatic carbocycles. The summed E-state index contributed by atoms with van der Waals surface area (Å²) in [6.07, 6.45) is 1.74. The summed E-state index contributed by atoms with van der Waals surface area (Å²) in [5.74, 6) is 5.45. The van der Waals surface area contributed by atoms with Crippen LogP contribution >= 0.6 is 0 Å². The summed E-state index contributed by atoms with van der Waals surface area (Å²) in [5, 5.41) is 0. The highest BCUT2D eigenvalue weighted by molar-refractivity contribution is 5.19. The fourth-order valence-electron chi connectivity index (χ4n) is 1.27. The maximum Gasteiger partial charge on any atom is 0.110 e. The van der Waals surface area contributed by atoms with Crippen molar-refractivity contribution in [1.29, 1.82) is 0 Å². The van der Waals surface area contributed by atoms with Gasteiger partial charge in [-0.2, -0.15) is 0 Å². The minimum Gasteiger partial charge on any atom is -0.296 e. The molecule has 13 heavy (non-hydrogen) atoms. The van der Waals surface area contributed by atoms with Crippen molar-refractivity contribution >= 4 is 0 Å². The van der Waals surface area contributed by atoms with E-state index in [9.17, 15) is 0 Å². The van der Waals surface area contributed by atoms with Crippen LogP contribution in [0.25, 0.3) is 0 Å². The summed E-state index contributed by atoms with van der Waals surface area (Å²) >= 11 is 0. The molecule has 2 N–H and O–H groups in total. The van der Waals surface area contributed by atoms with E-state index in [1.54, 1.807) is 0 Å². The molecule has 1 aromatic carbocycles. The molecule has 1 unspecified atom stereocenters. The Morgan fingerprint density at radius 3 is 2.46 bits per heavy atom. The van der Waals surface area contributed by atoms with E-state index in [1.165, 1.54) is 0 Å². The van der Waals surface area contributed by atoms with E-state index < -0.39 is 0 Å². The second-order valence-corrected chi connectivity index (χ2v) is 3.06. The van der Waals surface area contributed by atoms with Gasteiger partial charge in [0.15, 0.2) is 0 Å². The van der Waals surface area contributed by atoms with E-state index >= 15 is 0 Å². The molecule has 0 amide bonds. The summed E-state index contributed by atoms with van der Waals surface area (Å²) in [6, 6.07) is 9.90. The van der Waals surface area contributed by atoms with Crippen LogP contribution in [0.2, 0.25) is 0 Å². The van der Waals surface area contributed by atoms with Gasteiger partial charge in [-0.25, -0.2) is 5.90 Å². The molecule has 0 heterocycles. The molecule has 0 aliphatic rings. The molecule has 0 bridgehead atoms. The summed E-state index contributed by atoms with van der Waals surface area (Å²) in [4.78, 5) is 4.92. The SMILES string of the molecule is C=CC(C)[C@H](ON)c1ccccc1. The summed E-state index contributed by atoms with van der Waals surface area (Å²) in [7, 11) is 0. The van der Waals surface area contributed by atoms with Gasteiger partial charge in [0.2, 0.25) is 0 Å². The molecule has 0 aromatic heterocycles. The minimum absolute atomic E-state index is 0.0984. The van der Waals surface area contributed by atoms with Crippen LogP contribution in [0.1, 0.15) is 18.6 Å². The highest BCUT2D eigenvalue weighted by Gasteiger charge is 2.15. The molecule has 0 fully saturated rings. The number of rotatable bonds is 4. The smallest absolute Gasteiger partial charge is 0.110 e.